The van der Waals surface area contributed by atoms with Crippen LogP contribution in [0.3, 0.4) is 0 Å². The summed E-state index contributed by atoms with van der Waals surface area (Å²) >= 11 is 0. The molecule has 3 aromatic carbocycles. The molecule has 4 aliphatic rings. The maximum Gasteiger partial charge on any atom is 0.237 e. The molecule has 0 spiro atoms. The van der Waals surface area contributed by atoms with Crippen molar-refractivity contribution in [1.29, 1.82) is 0 Å². The standard InChI is InChI=1S/C38H41NO4/c1-37-20-18-29-28-15-13-27(24-26(28)12-14-30(29)31(37)16-17-35(37)41)43-23-22-39-33-11-7-6-10-32(33)38(2,36(39)42)21-19-34(40)25-8-4-3-5-9-25/h3-11,13,15,24,29-31H,12,14,16-23H2,1-2H3/t29-,30-,31+,37+,38?/m1/s1. The van der Waals surface area contributed by atoms with Gasteiger partial charge in [-0.2, -0.15) is 0 Å². The van der Waals surface area contributed by atoms with Crippen LogP contribution in [0, 0.1) is 17.3 Å². The molecule has 2 fully saturated rings. The summed E-state index contributed by atoms with van der Waals surface area (Å²) in [4.78, 5) is 41.2. The van der Waals surface area contributed by atoms with Crippen molar-refractivity contribution < 1.29 is 19.1 Å². The average Bonchev–Trinajstić information content (AvgIpc) is 3.46. The normalized spacial score (nSPS) is 29.1. The number of anilines is 1. The van der Waals surface area contributed by atoms with Crippen LogP contribution in [0.4, 0.5) is 5.69 Å². The number of para-hydroxylation sites is 1. The molecule has 5 heteroatoms. The van der Waals surface area contributed by atoms with Crippen LogP contribution in [-0.4, -0.2) is 30.6 Å². The first-order chi connectivity index (χ1) is 20.8. The van der Waals surface area contributed by atoms with Crippen LogP contribution in [0.15, 0.2) is 72.8 Å². The maximum atomic E-state index is 13.9. The number of hydrogen-bond acceptors (Lipinski definition) is 4. The van der Waals surface area contributed by atoms with E-state index in [-0.39, 0.29) is 17.1 Å². The third-order valence-electron chi connectivity index (χ3n) is 11.4. The van der Waals surface area contributed by atoms with Crippen LogP contribution in [0.25, 0.3) is 0 Å². The molecule has 0 radical (unpaired) electrons. The van der Waals surface area contributed by atoms with E-state index in [0.29, 0.717) is 55.1 Å². The minimum Gasteiger partial charge on any atom is -0.492 e. The quantitative estimate of drug-likeness (QED) is 0.262. The fraction of sp³-hybridized carbons (Fsp3) is 0.447. The van der Waals surface area contributed by atoms with Crippen LogP contribution in [0.1, 0.15) is 91.8 Å². The van der Waals surface area contributed by atoms with Crippen LogP contribution in [0.5, 0.6) is 5.75 Å². The molecule has 1 amide bonds. The Kier molecular flexibility index (Phi) is 7.03. The van der Waals surface area contributed by atoms with Gasteiger partial charge in [-0.05, 0) is 98.1 Å². The summed E-state index contributed by atoms with van der Waals surface area (Å²) in [5, 5.41) is 0. The number of aryl methyl sites for hydroxylation is 1. The molecule has 5 atom stereocenters. The molecule has 2 saturated carbocycles. The minimum absolute atomic E-state index is 0.0318. The number of fused-ring (bicyclic) bond motifs is 6. The molecular formula is C38H41NO4. The fourth-order valence-corrected chi connectivity index (χ4v) is 8.97. The number of amides is 1. The Morgan fingerprint density at radius 2 is 1.72 bits per heavy atom. The zero-order chi connectivity index (χ0) is 29.8. The molecule has 0 aromatic heterocycles. The molecule has 0 bridgehead atoms. The number of ketones is 2. The Labute approximate surface area is 254 Å². The molecule has 7 rings (SSSR count). The molecule has 3 aliphatic carbocycles. The van der Waals surface area contributed by atoms with Gasteiger partial charge >= 0.3 is 0 Å². The first kappa shape index (κ1) is 28.1. The van der Waals surface area contributed by atoms with Crippen molar-refractivity contribution in [2.45, 2.75) is 76.5 Å². The molecule has 43 heavy (non-hydrogen) atoms. The second kappa shape index (κ2) is 10.8. The molecule has 1 heterocycles. The third kappa shape index (κ3) is 4.63. The zero-order valence-electron chi connectivity index (χ0n) is 25.3. The van der Waals surface area contributed by atoms with E-state index < -0.39 is 5.41 Å². The van der Waals surface area contributed by atoms with Crippen molar-refractivity contribution in [3.8, 4) is 5.75 Å². The summed E-state index contributed by atoms with van der Waals surface area (Å²) in [6.45, 7) is 5.05. The van der Waals surface area contributed by atoms with E-state index >= 15 is 0 Å². The number of hydrogen-bond donors (Lipinski definition) is 0. The van der Waals surface area contributed by atoms with Gasteiger partial charge in [-0.15, -0.1) is 0 Å². The number of benzene rings is 3. The summed E-state index contributed by atoms with van der Waals surface area (Å²) in [7, 11) is 0. The average molecular weight is 576 g/mol. The van der Waals surface area contributed by atoms with E-state index in [0.717, 1.165) is 55.5 Å². The van der Waals surface area contributed by atoms with E-state index in [2.05, 4.69) is 25.1 Å². The summed E-state index contributed by atoms with van der Waals surface area (Å²) < 4.78 is 6.26. The predicted molar refractivity (Wildman–Crippen MR) is 168 cm³/mol. The van der Waals surface area contributed by atoms with Crippen LogP contribution >= 0.6 is 0 Å². The van der Waals surface area contributed by atoms with Crippen molar-refractivity contribution >= 4 is 23.2 Å². The number of ether oxygens (including phenoxy) is 1. The Balaban J connectivity index is 1.01. The highest BCUT2D eigenvalue weighted by Crippen LogP contribution is 2.59. The maximum absolute atomic E-state index is 13.9. The Morgan fingerprint density at radius 1 is 0.930 bits per heavy atom. The summed E-state index contributed by atoms with van der Waals surface area (Å²) in [5.41, 5.74) is 4.57. The van der Waals surface area contributed by atoms with Crippen molar-refractivity contribution in [1.82, 2.24) is 0 Å². The second-order valence-electron chi connectivity index (χ2n) is 13.6. The van der Waals surface area contributed by atoms with Crippen molar-refractivity contribution in [3.05, 3.63) is 95.1 Å². The number of nitrogens with zero attached hydrogens (tertiary/aromatic N) is 1. The van der Waals surface area contributed by atoms with Gasteiger partial charge in [-0.3, -0.25) is 14.4 Å². The molecule has 222 valence electrons. The summed E-state index contributed by atoms with van der Waals surface area (Å²) in [6.07, 6.45) is 6.91. The molecular weight excluding hydrogens is 534 g/mol. The molecule has 0 N–H and O–H groups in total. The largest absolute Gasteiger partial charge is 0.492 e. The number of carbonyl (C=O) groups is 3. The number of carbonyl (C=O) groups excluding carboxylic acids is 3. The van der Waals surface area contributed by atoms with Gasteiger partial charge in [0, 0.05) is 29.5 Å². The topological polar surface area (TPSA) is 63.7 Å². The lowest BCUT2D eigenvalue weighted by Crippen LogP contribution is -2.42. The lowest BCUT2D eigenvalue weighted by atomic mass is 9.55. The number of Topliss-reactive ketones (excluding diaryl/α,β-unsaturated/α-hetero) is 2. The fourth-order valence-electron chi connectivity index (χ4n) is 8.97. The van der Waals surface area contributed by atoms with E-state index in [1.165, 1.54) is 11.1 Å². The predicted octanol–water partition coefficient (Wildman–Crippen LogP) is 7.46. The Hall–Kier alpha value is -3.73. The minimum atomic E-state index is -0.747. The van der Waals surface area contributed by atoms with E-state index in [9.17, 15) is 14.4 Å². The monoisotopic (exact) mass is 575 g/mol. The number of rotatable bonds is 8. The van der Waals surface area contributed by atoms with E-state index in [4.69, 9.17) is 4.74 Å². The van der Waals surface area contributed by atoms with Gasteiger partial charge in [0.1, 0.15) is 18.1 Å². The van der Waals surface area contributed by atoms with Crippen LogP contribution < -0.4 is 9.64 Å². The molecule has 3 aromatic rings. The van der Waals surface area contributed by atoms with E-state index in [1.807, 2.05) is 66.4 Å². The van der Waals surface area contributed by atoms with Gasteiger partial charge in [-0.25, -0.2) is 0 Å². The molecule has 0 saturated heterocycles. The first-order valence-electron chi connectivity index (χ1n) is 16.1. The smallest absolute Gasteiger partial charge is 0.237 e. The van der Waals surface area contributed by atoms with Crippen LogP contribution in [0.2, 0.25) is 0 Å². The van der Waals surface area contributed by atoms with E-state index in [1.54, 1.807) is 0 Å². The lowest BCUT2D eigenvalue weighted by molar-refractivity contribution is -0.129. The third-order valence-corrected chi connectivity index (χ3v) is 11.4. The Bertz CT molecular complexity index is 1580. The Morgan fingerprint density at radius 3 is 2.56 bits per heavy atom. The summed E-state index contributed by atoms with van der Waals surface area (Å²) in [6, 6.07) is 23.8. The van der Waals surface area contributed by atoms with Gasteiger partial charge < -0.3 is 9.64 Å². The molecule has 1 aliphatic heterocycles. The first-order valence-corrected chi connectivity index (χ1v) is 16.1. The SMILES string of the molecule is CC1(CCC(=O)c2ccccc2)C(=O)N(CCOc2ccc3c(c2)CC[C@@H]2[C@@H]3CC[C@]3(C)C(=O)CC[C@@H]23)c2ccccc21. The highest BCUT2D eigenvalue weighted by molar-refractivity contribution is 6.08. The second-order valence-corrected chi connectivity index (χ2v) is 13.6. The van der Waals surface area contributed by atoms with Gasteiger partial charge in [0.2, 0.25) is 5.91 Å². The van der Waals surface area contributed by atoms with Gasteiger partial charge in [0.25, 0.3) is 0 Å². The van der Waals surface area contributed by atoms with Gasteiger partial charge in [0.15, 0.2) is 5.78 Å². The van der Waals surface area contributed by atoms with Crippen molar-refractivity contribution in [2.75, 3.05) is 18.1 Å². The molecule has 5 nitrogen and oxygen atoms in total. The highest BCUT2D eigenvalue weighted by Gasteiger charge is 2.54. The van der Waals surface area contributed by atoms with Crippen LogP contribution in [-0.2, 0) is 21.4 Å². The van der Waals surface area contributed by atoms with Gasteiger partial charge in [0.05, 0.1) is 12.0 Å². The summed E-state index contributed by atoms with van der Waals surface area (Å²) in [5.74, 6) is 3.13. The van der Waals surface area contributed by atoms with Crippen molar-refractivity contribution in [3.63, 3.8) is 0 Å². The van der Waals surface area contributed by atoms with Gasteiger partial charge in [-0.1, -0.05) is 61.5 Å². The zero-order valence-corrected chi connectivity index (χ0v) is 25.3. The molecule has 1 unspecified atom stereocenters. The lowest BCUT2D eigenvalue weighted by Gasteiger charge is -2.48. The van der Waals surface area contributed by atoms with Crippen molar-refractivity contribution in [2.24, 2.45) is 17.3 Å². The highest BCUT2D eigenvalue weighted by atomic mass is 16.5.